The number of nitrogens with zero attached hydrogens (tertiary/aromatic N) is 1. The number of hydrogen-bond donors (Lipinski definition) is 2. The van der Waals surface area contributed by atoms with Gasteiger partial charge in [-0.1, -0.05) is 12.1 Å². The van der Waals surface area contributed by atoms with Crippen LogP contribution in [0.4, 0.5) is 0 Å². The van der Waals surface area contributed by atoms with Crippen molar-refractivity contribution in [2.45, 2.75) is 32.1 Å². The van der Waals surface area contributed by atoms with Crippen LogP contribution in [-0.2, 0) is 22.4 Å². The molecule has 0 saturated heterocycles. The van der Waals surface area contributed by atoms with Gasteiger partial charge in [0, 0.05) is 17.5 Å². The zero-order chi connectivity index (χ0) is 18.5. The summed E-state index contributed by atoms with van der Waals surface area (Å²) in [6.45, 7) is 1.98. The molecule has 1 unspecified atom stereocenters. The highest BCUT2D eigenvalue weighted by Gasteiger charge is 2.37. The molecule has 2 N–H and O–H groups in total. The lowest BCUT2D eigenvalue weighted by Crippen LogP contribution is -2.53. The Morgan fingerprint density at radius 3 is 3.08 bits per heavy atom. The SMILES string of the molecule is CCOC(=O)c1cccc2c1OB(O)C(NC(=O)CCc1cncs1)C2. The number of nitrogens with one attached hydrogen (secondary N) is 1. The van der Waals surface area contributed by atoms with Gasteiger partial charge < -0.3 is 19.7 Å². The largest absolute Gasteiger partial charge is 0.547 e. The Hall–Kier alpha value is -2.39. The lowest BCUT2D eigenvalue weighted by molar-refractivity contribution is -0.121. The van der Waals surface area contributed by atoms with Crippen LogP contribution in [0, 0.1) is 0 Å². The number of fused-ring (bicyclic) bond motifs is 1. The fourth-order valence-corrected chi connectivity index (χ4v) is 3.40. The van der Waals surface area contributed by atoms with Gasteiger partial charge in [-0.05, 0) is 31.4 Å². The highest BCUT2D eigenvalue weighted by molar-refractivity contribution is 7.09. The third-order valence-corrected chi connectivity index (χ3v) is 4.88. The van der Waals surface area contributed by atoms with Crippen LogP contribution in [0.5, 0.6) is 5.75 Å². The van der Waals surface area contributed by atoms with Gasteiger partial charge in [-0.15, -0.1) is 11.3 Å². The standard InChI is InChI=1S/C17H19BN2O5S/c1-2-24-17(22)13-5-3-4-11-8-14(18(23)25-16(11)13)20-15(21)7-6-12-9-19-10-26-12/h3-5,9-10,14,23H,2,6-8H2,1H3,(H,20,21). The average Bonchev–Trinajstić information content (AvgIpc) is 3.14. The Labute approximate surface area is 155 Å². The molecule has 7 nitrogen and oxygen atoms in total. The number of amides is 1. The van der Waals surface area contributed by atoms with Crippen molar-refractivity contribution in [2.24, 2.45) is 0 Å². The monoisotopic (exact) mass is 374 g/mol. The highest BCUT2D eigenvalue weighted by atomic mass is 32.1. The lowest BCUT2D eigenvalue weighted by Gasteiger charge is -2.29. The molecule has 26 heavy (non-hydrogen) atoms. The van der Waals surface area contributed by atoms with E-state index in [1.165, 1.54) is 11.3 Å². The van der Waals surface area contributed by atoms with Crippen molar-refractivity contribution in [3.05, 3.63) is 45.9 Å². The Kier molecular flexibility index (Phi) is 5.90. The number of aryl methyl sites for hydroxylation is 1. The zero-order valence-electron chi connectivity index (χ0n) is 14.3. The van der Waals surface area contributed by atoms with Crippen molar-refractivity contribution in [1.82, 2.24) is 10.3 Å². The van der Waals surface area contributed by atoms with E-state index < -0.39 is 19.0 Å². The van der Waals surface area contributed by atoms with Crippen LogP contribution in [0.3, 0.4) is 0 Å². The third kappa shape index (κ3) is 4.23. The molecule has 0 radical (unpaired) electrons. The number of carbonyl (C=O) groups excluding carboxylic acids is 2. The van der Waals surface area contributed by atoms with E-state index in [9.17, 15) is 14.6 Å². The summed E-state index contributed by atoms with van der Waals surface area (Å²) in [5, 5.41) is 13.1. The Morgan fingerprint density at radius 2 is 2.35 bits per heavy atom. The number of benzene rings is 1. The van der Waals surface area contributed by atoms with Gasteiger partial charge in [0.15, 0.2) is 0 Å². The maximum Gasteiger partial charge on any atom is 0.547 e. The van der Waals surface area contributed by atoms with Gasteiger partial charge in [-0.25, -0.2) is 4.79 Å². The molecule has 1 aliphatic rings. The van der Waals surface area contributed by atoms with E-state index in [-0.39, 0.29) is 18.1 Å². The summed E-state index contributed by atoms with van der Waals surface area (Å²) in [5.41, 5.74) is 2.75. The first-order valence-corrected chi connectivity index (χ1v) is 9.27. The molecule has 0 bridgehead atoms. The molecule has 3 rings (SSSR count). The molecule has 0 spiro atoms. The number of hydrogen-bond acceptors (Lipinski definition) is 7. The van der Waals surface area contributed by atoms with Crippen molar-refractivity contribution in [3.8, 4) is 5.75 Å². The van der Waals surface area contributed by atoms with Crippen molar-refractivity contribution >= 4 is 30.3 Å². The van der Waals surface area contributed by atoms with Crippen LogP contribution in [0.1, 0.15) is 34.1 Å². The topological polar surface area (TPSA) is 97.8 Å². The fraction of sp³-hybridized carbons (Fsp3) is 0.353. The van der Waals surface area contributed by atoms with E-state index in [2.05, 4.69) is 10.3 Å². The Balaban J connectivity index is 1.65. The second kappa shape index (κ2) is 8.33. The first-order valence-electron chi connectivity index (χ1n) is 8.39. The first kappa shape index (κ1) is 18.4. The molecule has 0 saturated carbocycles. The van der Waals surface area contributed by atoms with Gasteiger partial charge in [0.05, 0.1) is 18.1 Å². The normalized spacial score (nSPS) is 15.8. The molecule has 1 aliphatic heterocycles. The number of thiazole rings is 1. The van der Waals surface area contributed by atoms with Crippen LogP contribution in [0.2, 0.25) is 0 Å². The highest BCUT2D eigenvalue weighted by Crippen LogP contribution is 2.30. The quantitative estimate of drug-likeness (QED) is 0.586. The summed E-state index contributed by atoms with van der Waals surface area (Å²) in [6, 6.07) is 5.13. The zero-order valence-corrected chi connectivity index (χ0v) is 15.1. The molecule has 1 aromatic heterocycles. The van der Waals surface area contributed by atoms with E-state index in [1.807, 2.05) is 0 Å². The smallest absolute Gasteiger partial charge is 0.534 e. The van der Waals surface area contributed by atoms with Crippen LogP contribution in [-0.4, -0.2) is 41.6 Å². The van der Waals surface area contributed by atoms with Gasteiger partial charge in [-0.2, -0.15) is 0 Å². The van der Waals surface area contributed by atoms with Gasteiger partial charge >= 0.3 is 13.1 Å². The number of esters is 1. The maximum absolute atomic E-state index is 12.2. The summed E-state index contributed by atoms with van der Waals surface area (Å²) >= 11 is 1.50. The molecule has 9 heteroatoms. The molecule has 0 fully saturated rings. The van der Waals surface area contributed by atoms with Crippen molar-refractivity contribution in [1.29, 1.82) is 0 Å². The minimum Gasteiger partial charge on any atom is -0.534 e. The van der Waals surface area contributed by atoms with Crippen molar-refractivity contribution in [3.63, 3.8) is 0 Å². The number of carbonyl (C=O) groups is 2. The van der Waals surface area contributed by atoms with Crippen LogP contribution in [0.25, 0.3) is 0 Å². The fourth-order valence-electron chi connectivity index (χ4n) is 2.80. The molecule has 1 atom stereocenters. The molecule has 136 valence electrons. The van der Waals surface area contributed by atoms with Gasteiger partial charge in [0.1, 0.15) is 11.3 Å². The number of para-hydroxylation sites is 1. The number of aromatic nitrogens is 1. The lowest BCUT2D eigenvalue weighted by atomic mass is 9.72. The Morgan fingerprint density at radius 1 is 1.50 bits per heavy atom. The average molecular weight is 374 g/mol. The summed E-state index contributed by atoms with van der Waals surface area (Å²) < 4.78 is 10.5. The van der Waals surface area contributed by atoms with Gasteiger partial charge in [0.25, 0.3) is 0 Å². The van der Waals surface area contributed by atoms with E-state index in [1.54, 1.807) is 36.8 Å². The minimum absolute atomic E-state index is 0.170. The molecule has 1 amide bonds. The molecular formula is C17H19BN2O5S. The van der Waals surface area contributed by atoms with Crippen molar-refractivity contribution in [2.75, 3.05) is 6.61 Å². The summed E-state index contributed by atoms with van der Waals surface area (Å²) in [6.07, 6.45) is 3.02. The molecule has 2 heterocycles. The van der Waals surface area contributed by atoms with Gasteiger partial charge in [0.2, 0.25) is 5.91 Å². The van der Waals surface area contributed by atoms with E-state index in [0.29, 0.717) is 25.0 Å². The molecule has 1 aromatic carbocycles. The summed E-state index contributed by atoms with van der Waals surface area (Å²) in [4.78, 5) is 29.2. The summed E-state index contributed by atoms with van der Waals surface area (Å²) in [7, 11) is -1.23. The van der Waals surface area contributed by atoms with E-state index >= 15 is 0 Å². The van der Waals surface area contributed by atoms with Crippen molar-refractivity contribution < 1.29 is 24.0 Å². The maximum atomic E-state index is 12.2. The predicted molar refractivity (Wildman–Crippen MR) is 97.1 cm³/mol. The second-order valence-corrected chi connectivity index (χ2v) is 6.84. The predicted octanol–water partition coefficient (Wildman–Crippen LogP) is 1.39. The number of rotatable bonds is 6. The minimum atomic E-state index is -1.23. The first-order chi connectivity index (χ1) is 12.6. The second-order valence-electron chi connectivity index (χ2n) is 5.87. The number of ether oxygens (including phenoxy) is 1. The van der Waals surface area contributed by atoms with Crippen LogP contribution >= 0.6 is 11.3 Å². The van der Waals surface area contributed by atoms with Gasteiger partial charge in [-0.3, -0.25) is 9.78 Å². The van der Waals surface area contributed by atoms with E-state index in [0.717, 1.165) is 10.4 Å². The summed E-state index contributed by atoms with van der Waals surface area (Å²) in [5.74, 6) is -0.929. The Bertz CT molecular complexity index is 783. The van der Waals surface area contributed by atoms with Crippen LogP contribution < -0.4 is 9.97 Å². The third-order valence-electron chi connectivity index (χ3n) is 4.04. The molecular weight excluding hydrogens is 355 g/mol. The van der Waals surface area contributed by atoms with Crippen LogP contribution in [0.15, 0.2) is 29.9 Å². The van der Waals surface area contributed by atoms with E-state index in [4.69, 9.17) is 9.39 Å². The molecule has 2 aromatic rings. The molecule has 0 aliphatic carbocycles.